The molecule has 0 bridgehead atoms. The van der Waals surface area contributed by atoms with Crippen LogP contribution in [0.25, 0.3) is 0 Å². The van der Waals surface area contributed by atoms with Gasteiger partial charge in [0.25, 0.3) is 0 Å². The topological polar surface area (TPSA) is 64.3 Å². The molecule has 0 aliphatic heterocycles. The lowest BCUT2D eigenvalue weighted by atomic mass is 9.92. The summed E-state index contributed by atoms with van der Waals surface area (Å²) in [5, 5.41) is 3.15. The Labute approximate surface area is 146 Å². The highest BCUT2D eigenvalue weighted by Gasteiger charge is 2.29. The van der Waals surface area contributed by atoms with Crippen LogP contribution in [0.1, 0.15) is 58.9 Å². The van der Waals surface area contributed by atoms with Crippen molar-refractivity contribution < 1.29 is 9.53 Å². The third kappa shape index (κ3) is 5.23. The molecule has 0 heterocycles. The van der Waals surface area contributed by atoms with E-state index in [0.29, 0.717) is 24.9 Å². The van der Waals surface area contributed by atoms with E-state index in [2.05, 4.69) is 19.2 Å². The van der Waals surface area contributed by atoms with Gasteiger partial charge in [0.1, 0.15) is 5.75 Å². The smallest absolute Gasteiger partial charge is 0.221 e. The molecule has 1 aromatic carbocycles. The van der Waals surface area contributed by atoms with Crippen molar-refractivity contribution in [1.29, 1.82) is 0 Å². The molecule has 2 atom stereocenters. The number of carbonyl (C=O) groups is 1. The zero-order valence-corrected chi connectivity index (χ0v) is 15.5. The predicted octanol–water partition coefficient (Wildman–Crippen LogP) is 3.59. The highest BCUT2D eigenvalue weighted by molar-refractivity contribution is 5.77. The van der Waals surface area contributed by atoms with Crippen LogP contribution in [0.15, 0.2) is 24.3 Å². The van der Waals surface area contributed by atoms with Crippen LogP contribution >= 0.6 is 0 Å². The predicted molar refractivity (Wildman–Crippen MR) is 97.9 cm³/mol. The second-order valence-corrected chi connectivity index (χ2v) is 7.96. The van der Waals surface area contributed by atoms with Crippen LogP contribution in [-0.2, 0) is 10.3 Å². The molecule has 0 radical (unpaired) electrons. The Balaban J connectivity index is 1.92. The summed E-state index contributed by atoms with van der Waals surface area (Å²) in [4.78, 5) is 12.4. The molecular formula is C20H32N2O2. The van der Waals surface area contributed by atoms with E-state index in [4.69, 9.17) is 10.5 Å². The van der Waals surface area contributed by atoms with E-state index in [1.54, 1.807) is 0 Å². The van der Waals surface area contributed by atoms with Crippen molar-refractivity contribution >= 4 is 5.91 Å². The number of hydrogen-bond acceptors (Lipinski definition) is 3. The van der Waals surface area contributed by atoms with Gasteiger partial charge in [-0.2, -0.15) is 0 Å². The fourth-order valence-electron chi connectivity index (χ4n) is 3.26. The summed E-state index contributed by atoms with van der Waals surface area (Å²) in [7, 11) is 0. The summed E-state index contributed by atoms with van der Waals surface area (Å²) in [6.07, 6.45) is 3.77. The van der Waals surface area contributed by atoms with Crippen molar-refractivity contribution in [3.63, 3.8) is 0 Å². The number of rotatable bonds is 7. The van der Waals surface area contributed by atoms with E-state index in [-0.39, 0.29) is 11.9 Å². The van der Waals surface area contributed by atoms with Gasteiger partial charge in [0, 0.05) is 12.5 Å². The molecule has 3 N–H and O–H groups in total. The Morgan fingerprint density at radius 2 is 1.96 bits per heavy atom. The number of nitrogens with two attached hydrogens (primary N) is 1. The van der Waals surface area contributed by atoms with Crippen molar-refractivity contribution in [3.8, 4) is 5.75 Å². The molecular weight excluding hydrogens is 300 g/mol. The number of hydrogen-bond donors (Lipinski definition) is 2. The maximum absolute atomic E-state index is 12.4. The quantitative estimate of drug-likeness (QED) is 0.802. The summed E-state index contributed by atoms with van der Waals surface area (Å²) in [5.41, 5.74) is 6.74. The van der Waals surface area contributed by atoms with Gasteiger partial charge in [-0.05, 0) is 56.2 Å². The van der Waals surface area contributed by atoms with Crippen LogP contribution in [0.2, 0.25) is 0 Å². The minimum atomic E-state index is -0.406. The molecule has 24 heavy (non-hydrogen) atoms. The van der Waals surface area contributed by atoms with Crippen LogP contribution in [0.5, 0.6) is 5.75 Å². The minimum Gasteiger partial charge on any atom is -0.493 e. The molecule has 1 aliphatic rings. The summed E-state index contributed by atoms with van der Waals surface area (Å²) in [6, 6.07) is 8.17. The van der Waals surface area contributed by atoms with Crippen molar-refractivity contribution in [2.75, 3.05) is 6.61 Å². The third-order valence-corrected chi connectivity index (χ3v) is 4.78. The van der Waals surface area contributed by atoms with Gasteiger partial charge in [-0.25, -0.2) is 0 Å². The van der Waals surface area contributed by atoms with Gasteiger partial charge in [-0.1, -0.05) is 32.4 Å². The lowest BCUT2D eigenvalue weighted by Crippen LogP contribution is -2.42. The summed E-state index contributed by atoms with van der Waals surface area (Å²) in [6.45, 7) is 9.03. The Kier molecular flexibility index (Phi) is 6.27. The van der Waals surface area contributed by atoms with Crippen LogP contribution in [0.3, 0.4) is 0 Å². The molecule has 2 rings (SSSR count). The highest BCUT2D eigenvalue weighted by atomic mass is 16.5. The van der Waals surface area contributed by atoms with Crippen LogP contribution in [0, 0.1) is 11.8 Å². The number of benzene rings is 1. The first-order chi connectivity index (χ1) is 11.3. The third-order valence-electron chi connectivity index (χ3n) is 4.78. The van der Waals surface area contributed by atoms with Gasteiger partial charge >= 0.3 is 0 Å². The standard InChI is InChI=1S/C20H32N2O2/c1-14(2)13-24-17-10-8-16(9-11-17)20(3,4)22-19(23)12-15-6-5-7-18(15)21/h8-11,14-15,18H,5-7,12-13,21H2,1-4H3,(H,22,23)/t15-,18+/m0/s1. The zero-order valence-electron chi connectivity index (χ0n) is 15.5. The number of ether oxygens (including phenoxy) is 1. The minimum absolute atomic E-state index is 0.0856. The fraction of sp³-hybridized carbons (Fsp3) is 0.650. The summed E-state index contributed by atoms with van der Waals surface area (Å²) >= 11 is 0. The Bertz CT molecular complexity index is 537. The maximum atomic E-state index is 12.4. The van der Waals surface area contributed by atoms with Crippen LogP contribution in [-0.4, -0.2) is 18.6 Å². The van der Waals surface area contributed by atoms with E-state index in [9.17, 15) is 4.79 Å². The molecule has 1 amide bonds. The lowest BCUT2D eigenvalue weighted by molar-refractivity contribution is -0.123. The van der Waals surface area contributed by atoms with E-state index >= 15 is 0 Å². The monoisotopic (exact) mass is 332 g/mol. The van der Waals surface area contributed by atoms with Crippen LogP contribution in [0.4, 0.5) is 0 Å². The molecule has 1 aliphatic carbocycles. The molecule has 1 aromatic rings. The maximum Gasteiger partial charge on any atom is 0.221 e. The van der Waals surface area contributed by atoms with Gasteiger partial charge in [-0.3, -0.25) is 4.79 Å². The molecule has 0 aromatic heterocycles. The molecule has 1 fully saturated rings. The van der Waals surface area contributed by atoms with Crippen LogP contribution < -0.4 is 15.8 Å². The molecule has 134 valence electrons. The second-order valence-electron chi connectivity index (χ2n) is 7.96. The Hall–Kier alpha value is -1.55. The lowest BCUT2D eigenvalue weighted by Gasteiger charge is -2.28. The number of amides is 1. The molecule has 4 nitrogen and oxygen atoms in total. The van der Waals surface area contributed by atoms with Crippen molar-refractivity contribution in [3.05, 3.63) is 29.8 Å². The SMILES string of the molecule is CC(C)COc1ccc(C(C)(C)NC(=O)C[C@@H]2CCC[C@H]2N)cc1. The average molecular weight is 332 g/mol. The van der Waals surface area contributed by atoms with E-state index < -0.39 is 5.54 Å². The first-order valence-electron chi connectivity index (χ1n) is 9.08. The normalized spacial score (nSPS) is 21.1. The van der Waals surface area contributed by atoms with Crippen molar-refractivity contribution in [2.24, 2.45) is 17.6 Å². The molecule has 0 unspecified atom stereocenters. The molecule has 0 saturated heterocycles. The molecule has 1 saturated carbocycles. The van der Waals surface area contributed by atoms with Crippen molar-refractivity contribution in [1.82, 2.24) is 5.32 Å². The fourth-order valence-corrected chi connectivity index (χ4v) is 3.26. The average Bonchev–Trinajstić information content (AvgIpc) is 2.90. The zero-order chi connectivity index (χ0) is 17.7. The van der Waals surface area contributed by atoms with E-state index in [1.807, 2.05) is 38.1 Å². The van der Waals surface area contributed by atoms with E-state index in [1.165, 1.54) is 0 Å². The highest BCUT2D eigenvalue weighted by Crippen LogP contribution is 2.28. The summed E-state index contributed by atoms with van der Waals surface area (Å²) in [5.74, 6) is 1.78. The summed E-state index contributed by atoms with van der Waals surface area (Å²) < 4.78 is 5.72. The van der Waals surface area contributed by atoms with Gasteiger partial charge < -0.3 is 15.8 Å². The Morgan fingerprint density at radius 3 is 2.50 bits per heavy atom. The molecule has 4 heteroatoms. The number of carbonyl (C=O) groups excluding carboxylic acids is 1. The largest absolute Gasteiger partial charge is 0.493 e. The van der Waals surface area contributed by atoms with Crippen molar-refractivity contribution in [2.45, 2.75) is 65.0 Å². The van der Waals surface area contributed by atoms with E-state index in [0.717, 1.165) is 30.6 Å². The second kappa shape index (κ2) is 8.02. The Morgan fingerprint density at radius 1 is 1.29 bits per heavy atom. The first-order valence-corrected chi connectivity index (χ1v) is 9.08. The number of nitrogens with one attached hydrogen (secondary N) is 1. The van der Waals surface area contributed by atoms with Gasteiger partial charge in [0.2, 0.25) is 5.91 Å². The van der Waals surface area contributed by atoms with Gasteiger partial charge in [0.05, 0.1) is 12.1 Å². The van der Waals surface area contributed by atoms with Gasteiger partial charge in [-0.15, -0.1) is 0 Å². The molecule has 0 spiro atoms. The first kappa shape index (κ1) is 18.8. The van der Waals surface area contributed by atoms with Gasteiger partial charge in [0.15, 0.2) is 0 Å².